The molecule has 2 heterocycles. The Labute approximate surface area is 99.6 Å². The molecule has 0 radical (unpaired) electrons. The van der Waals surface area contributed by atoms with Crippen LogP contribution in [0.3, 0.4) is 0 Å². The third-order valence-corrected chi connectivity index (χ3v) is 4.15. The third-order valence-electron chi connectivity index (χ3n) is 2.81. The van der Waals surface area contributed by atoms with Crippen molar-refractivity contribution in [3.8, 4) is 0 Å². The molecule has 1 aliphatic heterocycles. The average Bonchev–Trinajstić information content (AvgIpc) is 2.85. The fraction of sp³-hybridized carbons (Fsp3) is 0.636. The van der Waals surface area contributed by atoms with Gasteiger partial charge in [-0.25, -0.2) is 0 Å². The van der Waals surface area contributed by atoms with Crippen molar-refractivity contribution in [1.29, 1.82) is 0 Å². The van der Waals surface area contributed by atoms with Crippen molar-refractivity contribution in [2.75, 3.05) is 13.7 Å². The molecule has 1 fully saturated rings. The van der Waals surface area contributed by atoms with Crippen LogP contribution >= 0.6 is 22.9 Å². The number of hydrogen-bond donors (Lipinski definition) is 1. The van der Waals surface area contributed by atoms with E-state index in [2.05, 4.69) is 11.4 Å². The van der Waals surface area contributed by atoms with Crippen LogP contribution in [0.1, 0.15) is 30.2 Å². The van der Waals surface area contributed by atoms with Gasteiger partial charge in [-0.15, -0.1) is 11.3 Å². The summed E-state index contributed by atoms with van der Waals surface area (Å²) in [6.07, 6.45) is 3.86. The van der Waals surface area contributed by atoms with E-state index < -0.39 is 0 Å². The van der Waals surface area contributed by atoms with Gasteiger partial charge in [0.15, 0.2) is 0 Å². The molecule has 0 aliphatic carbocycles. The van der Waals surface area contributed by atoms with Crippen LogP contribution < -0.4 is 5.32 Å². The average molecular weight is 246 g/mol. The Morgan fingerprint density at radius 2 is 2.53 bits per heavy atom. The molecule has 15 heavy (non-hydrogen) atoms. The van der Waals surface area contributed by atoms with Crippen molar-refractivity contribution in [1.82, 2.24) is 5.32 Å². The molecule has 1 saturated heterocycles. The highest BCUT2D eigenvalue weighted by molar-refractivity contribution is 7.16. The normalized spacial score (nSPS) is 23.2. The molecule has 1 aliphatic rings. The van der Waals surface area contributed by atoms with Gasteiger partial charge in [0.1, 0.15) is 0 Å². The number of ether oxygens (including phenoxy) is 1. The van der Waals surface area contributed by atoms with E-state index in [1.807, 2.05) is 13.1 Å². The molecule has 0 amide bonds. The van der Waals surface area contributed by atoms with Gasteiger partial charge in [-0.05, 0) is 38.4 Å². The van der Waals surface area contributed by atoms with Gasteiger partial charge in [-0.1, -0.05) is 11.6 Å². The minimum atomic E-state index is 0.380. The quantitative estimate of drug-likeness (QED) is 0.880. The van der Waals surface area contributed by atoms with Gasteiger partial charge in [0.2, 0.25) is 0 Å². The van der Waals surface area contributed by atoms with Gasteiger partial charge in [0, 0.05) is 17.5 Å². The van der Waals surface area contributed by atoms with E-state index in [1.54, 1.807) is 11.3 Å². The lowest BCUT2D eigenvalue weighted by molar-refractivity contribution is 0.0957. The van der Waals surface area contributed by atoms with Crippen LogP contribution in [0.2, 0.25) is 4.34 Å². The predicted octanol–water partition coefficient (Wildman–Crippen LogP) is 3.23. The number of rotatable bonds is 4. The summed E-state index contributed by atoms with van der Waals surface area (Å²) in [7, 11) is 1.99. The van der Waals surface area contributed by atoms with Crippen molar-refractivity contribution >= 4 is 22.9 Å². The Morgan fingerprint density at radius 1 is 1.67 bits per heavy atom. The zero-order chi connectivity index (χ0) is 10.7. The maximum atomic E-state index is 5.94. The van der Waals surface area contributed by atoms with E-state index in [-0.39, 0.29) is 0 Å². The zero-order valence-corrected chi connectivity index (χ0v) is 10.4. The van der Waals surface area contributed by atoms with Crippen molar-refractivity contribution in [3.63, 3.8) is 0 Å². The lowest BCUT2D eigenvalue weighted by atomic mass is 10.1. The Hall–Kier alpha value is -0.0900. The number of halogens is 1. The molecule has 0 aromatic carbocycles. The molecule has 2 rings (SSSR count). The van der Waals surface area contributed by atoms with Crippen molar-refractivity contribution < 1.29 is 4.74 Å². The van der Waals surface area contributed by atoms with Crippen molar-refractivity contribution in [2.24, 2.45) is 0 Å². The van der Waals surface area contributed by atoms with Crippen LogP contribution in [0.5, 0.6) is 0 Å². The first-order valence-corrected chi connectivity index (χ1v) is 6.53. The first kappa shape index (κ1) is 11.4. The molecular formula is C11H16ClNOS. The van der Waals surface area contributed by atoms with Crippen LogP contribution in [0.25, 0.3) is 0 Å². The first-order chi connectivity index (χ1) is 7.29. The molecule has 1 aromatic rings. The first-order valence-electron chi connectivity index (χ1n) is 5.33. The second kappa shape index (κ2) is 5.30. The maximum Gasteiger partial charge on any atom is 0.0931 e. The molecule has 0 saturated carbocycles. The number of nitrogens with one attached hydrogen (secondary N) is 1. The van der Waals surface area contributed by atoms with E-state index in [0.29, 0.717) is 12.1 Å². The molecule has 0 spiro atoms. The fourth-order valence-corrected chi connectivity index (χ4v) is 3.17. The van der Waals surface area contributed by atoms with Gasteiger partial charge in [0.25, 0.3) is 0 Å². The summed E-state index contributed by atoms with van der Waals surface area (Å²) in [5.41, 5.74) is 0. The van der Waals surface area contributed by atoms with E-state index in [9.17, 15) is 0 Å². The molecule has 1 N–H and O–H groups in total. The second-order valence-electron chi connectivity index (χ2n) is 3.85. The van der Waals surface area contributed by atoms with Crippen LogP contribution in [-0.2, 0) is 4.74 Å². The van der Waals surface area contributed by atoms with Gasteiger partial charge in [-0.3, -0.25) is 0 Å². The largest absolute Gasteiger partial charge is 0.378 e. The molecule has 1 aromatic heterocycles. The van der Waals surface area contributed by atoms with E-state index in [0.717, 1.165) is 17.4 Å². The Bertz CT molecular complexity index is 309. The SMILES string of the molecule is CNC(CC1CCCO1)c1ccc(Cl)s1. The Balaban J connectivity index is 1.97. The summed E-state index contributed by atoms with van der Waals surface area (Å²) < 4.78 is 6.50. The van der Waals surface area contributed by atoms with Gasteiger partial charge < -0.3 is 10.1 Å². The summed E-state index contributed by atoms with van der Waals surface area (Å²) in [5.74, 6) is 0. The van der Waals surface area contributed by atoms with Crippen molar-refractivity contribution in [3.05, 3.63) is 21.3 Å². The van der Waals surface area contributed by atoms with Gasteiger partial charge in [0.05, 0.1) is 10.4 Å². The van der Waals surface area contributed by atoms with Crippen LogP contribution in [0, 0.1) is 0 Å². The molecule has 4 heteroatoms. The highest BCUT2D eigenvalue weighted by atomic mass is 35.5. The maximum absolute atomic E-state index is 5.94. The molecule has 2 atom stereocenters. The van der Waals surface area contributed by atoms with Crippen LogP contribution in [0.15, 0.2) is 12.1 Å². The summed E-state index contributed by atoms with van der Waals surface area (Å²) in [4.78, 5) is 1.30. The summed E-state index contributed by atoms with van der Waals surface area (Å²) in [5, 5.41) is 3.33. The summed E-state index contributed by atoms with van der Waals surface area (Å²) >= 11 is 7.59. The van der Waals surface area contributed by atoms with E-state index in [1.165, 1.54) is 17.7 Å². The molecule has 2 unspecified atom stereocenters. The highest BCUT2D eigenvalue weighted by Gasteiger charge is 2.21. The number of thiophene rings is 1. The smallest absolute Gasteiger partial charge is 0.0931 e. The summed E-state index contributed by atoms with van der Waals surface area (Å²) in [6.45, 7) is 0.923. The Morgan fingerprint density at radius 3 is 3.07 bits per heavy atom. The molecule has 2 nitrogen and oxygen atoms in total. The number of hydrogen-bond acceptors (Lipinski definition) is 3. The van der Waals surface area contributed by atoms with Gasteiger partial charge in [-0.2, -0.15) is 0 Å². The fourth-order valence-electron chi connectivity index (χ4n) is 1.98. The van der Waals surface area contributed by atoms with Crippen LogP contribution in [-0.4, -0.2) is 19.8 Å². The molecule has 0 bridgehead atoms. The van der Waals surface area contributed by atoms with E-state index >= 15 is 0 Å². The topological polar surface area (TPSA) is 21.3 Å². The molecular weight excluding hydrogens is 230 g/mol. The van der Waals surface area contributed by atoms with Gasteiger partial charge >= 0.3 is 0 Å². The third kappa shape index (κ3) is 2.94. The molecule has 84 valence electrons. The monoisotopic (exact) mass is 245 g/mol. The zero-order valence-electron chi connectivity index (χ0n) is 8.83. The van der Waals surface area contributed by atoms with E-state index in [4.69, 9.17) is 16.3 Å². The summed E-state index contributed by atoms with van der Waals surface area (Å²) in [6, 6.07) is 4.44. The second-order valence-corrected chi connectivity index (χ2v) is 5.60. The minimum absolute atomic E-state index is 0.380. The Kier molecular flexibility index (Phi) is 4.03. The van der Waals surface area contributed by atoms with Crippen molar-refractivity contribution in [2.45, 2.75) is 31.4 Å². The minimum Gasteiger partial charge on any atom is -0.378 e. The standard InChI is InChI=1S/C11H16ClNOS/c1-13-9(7-8-3-2-6-14-8)10-4-5-11(12)15-10/h4-5,8-9,13H,2-3,6-7H2,1H3. The van der Waals surface area contributed by atoms with Crippen LogP contribution in [0.4, 0.5) is 0 Å². The predicted molar refractivity (Wildman–Crippen MR) is 64.7 cm³/mol. The lowest BCUT2D eigenvalue weighted by Gasteiger charge is -2.18. The highest BCUT2D eigenvalue weighted by Crippen LogP contribution is 2.31. The lowest BCUT2D eigenvalue weighted by Crippen LogP contribution is -2.21.